The van der Waals surface area contributed by atoms with Crippen molar-refractivity contribution in [2.24, 2.45) is 11.8 Å². The van der Waals surface area contributed by atoms with Gasteiger partial charge in [0.2, 0.25) is 17.7 Å². The molecule has 0 spiro atoms. The number of carbonyl (C=O) groups excluding carboxylic acids is 4. The molecule has 178 valence electrons. The highest BCUT2D eigenvalue weighted by Gasteiger charge is 2.26. The Kier molecular flexibility index (Phi) is 12.9. The van der Waals surface area contributed by atoms with Crippen LogP contribution in [0.5, 0.6) is 0 Å². The van der Waals surface area contributed by atoms with Crippen LogP contribution in [0.15, 0.2) is 30.3 Å². The molecule has 3 N–H and O–H groups in total. The maximum Gasteiger partial charge on any atom is 0.243 e. The van der Waals surface area contributed by atoms with E-state index in [1.807, 2.05) is 44.2 Å². The monoisotopic (exact) mass is 445 g/mol. The summed E-state index contributed by atoms with van der Waals surface area (Å²) in [6, 6.07) is 8.72. The second-order valence-corrected chi connectivity index (χ2v) is 8.75. The van der Waals surface area contributed by atoms with E-state index in [1.165, 1.54) is 0 Å². The predicted octanol–water partition coefficient (Wildman–Crippen LogP) is 2.78. The quantitative estimate of drug-likeness (QED) is 0.456. The van der Waals surface area contributed by atoms with Gasteiger partial charge in [-0.25, -0.2) is 0 Å². The normalized spacial score (nSPS) is 15.6. The number of nitrogens with one attached hydrogen (secondary N) is 3. The molecule has 1 saturated heterocycles. The summed E-state index contributed by atoms with van der Waals surface area (Å²) >= 11 is 0. The van der Waals surface area contributed by atoms with Gasteiger partial charge in [-0.15, -0.1) is 0 Å². The first-order chi connectivity index (χ1) is 15.3. The Labute approximate surface area is 192 Å². The first kappa shape index (κ1) is 27.3. The van der Waals surface area contributed by atoms with E-state index in [0.717, 1.165) is 37.8 Å². The van der Waals surface area contributed by atoms with Crippen molar-refractivity contribution in [2.75, 3.05) is 6.54 Å². The van der Waals surface area contributed by atoms with Crippen LogP contribution < -0.4 is 16.0 Å². The Morgan fingerprint density at radius 1 is 1.09 bits per heavy atom. The van der Waals surface area contributed by atoms with Gasteiger partial charge in [0, 0.05) is 18.9 Å². The van der Waals surface area contributed by atoms with Gasteiger partial charge in [-0.1, -0.05) is 57.5 Å². The minimum atomic E-state index is -0.625. The molecule has 32 heavy (non-hydrogen) atoms. The van der Waals surface area contributed by atoms with Crippen LogP contribution in [0.25, 0.3) is 0 Å². The molecule has 0 radical (unpaired) electrons. The van der Waals surface area contributed by atoms with E-state index in [-0.39, 0.29) is 29.6 Å². The van der Waals surface area contributed by atoms with Gasteiger partial charge < -0.3 is 20.7 Å². The molecule has 3 amide bonds. The van der Waals surface area contributed by atoms with E-state index in [1.54, 1.807) is 6.92 Å². The molecule has 1 aromatic rings. The number of benzene rings is 1. The van der Waals surface area contributed by atoms with Crippen LogP contribution in [-0.4, -0.2) is 42.6 Å². The third kappa shape index (κ3) is 11.1. The summed E-state index contributed by atoms with van der Waals surface area (Å²) in [5.41, 5.74) is 1.11. The number of hydrogen-bond acceptors (Lipinski definition) is 4. The molecule has 1 aliphatic heterocycles. The maximum absolute atomic E-state index is 12.8. The zero-order valence-corrected chi connectivity index (χ0v) is 19.9. The van der Waals surface area contributed by atoms with Crippen molar-refractivity contribution in [1.82, 2.24) is 16.0 Å². The second-order valence-electron chi connectivity index (χ2n) is 8.75. The van der Waals surface area contributed by atoms with Crippen molar-refractivity contribution < 1.29 is 19.2 Å². The Morgan fingerprint density at radius 2 is 1.78 bits per heavy atom. The second kappa shape index (κ2) is 15.2. The predicted molar refractivity (Wildman–Crippen MR) is 126 cm³/mol. The number of hydrogen-bond donors (Lipinski definition) is 3. The fourth-order valence-electron chi connectivity index (χ4n) is 3.49. The largest absolute Gasteiger partial charge is 0.356 e. The van der Waals surface area contributed by atoms with Gasteiger partial charge in [0.15, 0.2) is 0 Å². The van der Waals surface area contributed by atoms with E-state index >= 15 is 0 Å². The first-order valence-electron chi connectivity index (χ1n) is 11.6. The Hall–Kier alpha value is -2.70. The summed E-state index contributed by atoms with van der Waals surface area (Å²) in [4.78, 5) is 46.2. The summed E-state index contributed by atoms with van der Waals surface area (Å²) in [6.07, 6.45) is 5.30. The van der Waals surface area contributed by atoms with Gasteiger partial charge in [-0.2, -0.15) is 0 Å². The summed E-state index contributed by atoms with van der Waals surface area (Å²) in [6.45, 7) is 8.56. The molecule has 1 aliphatic rings. The summed E-state index contributed by atoms with van der Waals surface area (Å²) in [5, 5.41) is 8.24. The van der Waals surface area contributed by atoms with Crippen LogP contribution in [0.1, 0.15) is 65.4 Å². The summed E-state index contributed by atoms with van der Waals surface area (Å²) in [5.74, 6) is -0.128. The van der Waals surface area contributed by atoms with Crippen LogP contribution in [-0.2, 0) is 25.6 Å². The lowest BCUT2D eigenvalue weighted by Gasteiger charge is -2.24. The molecule has 1 fully saturated rings. The van der Waals surface area contributed by atoms with Crippen LogP contribution in [0.2, 0.25) is 0 Å². The van der Waals surface area contributed by atoms with Gasteiger partial charge in [-0.3, -0.25) is 14.4 Å². The van der Waals surface area contributed by atoms with E-state index in [4.69, 9.17) is 0 Å². The SMILES string of the molecule is CCC[C@H](Cc1ccccc1)C(=O)NC(CC(C)C)C(=O)N[C@@H](C)C=O.O=C1CCCN1. The van der Waals surface area contributed by atoms with Crippen molar-refractivity contribution in [3.05, 3.63) is 35.9 Å². The highest BCUT2D eigenvalue weighted by molar-refractivity contribution is 5.89. The molecule has 0 saturated carbocycles. The maximum atomic E-state index is 12.8. The van der Waals surface area contributed by atoms with Gasteiger partial charge in [0.1, 0.15) is 12.3 Å². The van der Waals surface area contributed by atoms with E-state index in [0.29, 0.717) is 19.1 Å². The third-order valence-corrected chi connectivity index (χ3v) is 5.15. The lowest BCUT2D eigenvalue weighted by Crippen LogP contribution is -2.51. The smallest absolute Gasteiger partial charge is 0.243 e. The number of carbonyl (C=O) groups is 4. The summed E-state index contributed by atoms with van der Waals surface area (Å²) < 4.78 is 0. The highest BCUT2D eigenvalue weighted by Crippen LogP contribution is 2.16. The Bertz CT molecular complexity index is 713. The molecule has 7 nitrogen and oxygen atoms in total. The third-order valence-electron chi connectivity index (χ3n) is 5.15. The fraction of sp³-hybridized carbons (Fsp3) is 0.600. The molecule has 1 aromatic carbocycles. The van der Waals surface area contributed by atoms with Crippen LogP contribution in [0, 0.1) is 11.8 Å². The lowest BCUT2D eigenvalue weighted by atomic mass is 9.93. The minimum absolute atomic E-state index is 0.102. The van der Waals surface area contributed by atoms with Gasteiger partial charge in [0.05, 0.1) is 6.04 Å². The number of amides is 3. The highest BCUT2D eigenvalue weighted by atomic mass is 16.2. The van der Waals surface area contributed by atoms with E-state index in [9.17, 15) is 19.2 Å². The zero-order valence-electron chi connectivity index (χ0n) is 19.9. The Morgan fingerprint density at radius 3 is 2.25 bits per heavy atom. The van der Waals surface area contributed by atoms with Crippen LogP contribution >= 0.6 is 0 Å². The van der Waals surface area contributed by atoms with Crippen molar-refractivity contribution >= 4 is 24.0 Å². The van der Waals surface area contributed by atoms with E-state index in [2.05, 4.69) is 22.9 Å². The number of aldehydes is 1. The van der Waals surface area contributed by atoms with Crippen LogP contribution in [0.3, 0.4) is 0 Å². The van der Waals surface area contributed by atoms with Crippen LogP contribution in [0.4, 0.5) is 0 Å². The van der Waals surface area contributed by atoms with Gasteiger partial charge >= 0.3 is 0 Å². The minimum Gasteiger partial charge on any atom is -0.356 e. The van der Waals surface area contributed by atoms with Crippen molar-refractivity contribution in [3.63, 3.8) is 0 Å². The molecule has 1 heterocycles. The average Bonchev–Trinajstić information content (AvgIpc) is 3.24. The van der Waals surface area contributed by atoms with Gasteiger partial charge in [-0.05, 0) is 44.1 Å². The molecule has 2 rings (SSSR count). The summed E-state index contributed by atoms with van der Waals surface area (Å²) in [7, 11) is 0. The van der Waals surface area contributed by atoms with Gasteiger partial charge in [0.25, 0.3) is 0 Å². The molecule has 0 aliphatic carbocycles. The molecule has 0 bridgehead atoms. The molecule has 7 heteroatoms. The average molecular weight is 446 g/mol. The van der Waals surface area contributed by atoms with Crippen molar-refractivity contribution in [2.45, 2.75) is 78.3 Å². The molecule has 3 atom stereocenters. The van der Waals surface area contributed by atoms with E-state index < -0.39 is 12.1 Å². The van der Waals surface area contributed by atoms with Crippen molar-refractivity contribution in [1.29, 1.82) is 0 Å². The lowest BCUT2D eigenvalue weighted by molar-refractivity contribution is -0.132. The molecular weight excluding hydrogens is 406 g/mol. The number of rotatable bonds is 11. The fourth-order valence-corrected chi connectivity index (χ4v) is 3.49. The molecular formula is C25H39N3O4. The topological polar surface area (TPSA) is 104 Å². The zero-order chi connectivity index (χ0) is 23.9. The van der Waals surface area contributed by atoms with Crippen molar-refractivity contribution in [3.8, 4) is 0 Å². The molecule has 0 aromatic heterocycles. The Balaban J connectivity index is 0.000000730. The molecule has 1 unspecified atom stereocenters. The standard InChI is InChI=1S/C21H32N2O3.C4H7NO/c1-5-9-18(13-17-10-7-6-8-11-17)20(25)23-19(12-15(2)3)21(26)22-16(4)14-24;6-4-2-1-3-5-4/h6-8,10-11,14-16,18-19H,5,9,12-13H2,1-4H3,(H,22,26)(H,23,25);1-3H2,(H,5,6)/t16-,18+,19?;/m0./s1. The first-order valence-corrected chi connectivity index (χ1v) is 11.6.